The van der Waals surface area contributed by atoms with Crippen LogP contribution in [-0.2, 0) is 15.8 Å². The van der Waals surface area contributed by atoms with E-state index < -0.39 is 10.0 Å². The molecule has 1 aliphatic rings. The van der Waals surface area contributed by atoms with E-state index in [4.69, 9.17) is 0 Å². The minimum Gasteiger partial charge on any atom is -0.336 e. The summed E-state index contributed by atoms with van der Waals surface area (Å²) in [5.74, 6) is -0.124. The van der Waals surface area contributed by atoms with E-state index in [0.717, 1.165) is 11.3 Å². The predicted molar refractivity (Wildman–Crippen MR) is 108 cm³/mol. The molecule has 9 heteroatoms. The number of hydrogen-bond donors (Lipinski definition) is 0. The van der Waals surface area contributed by atoms with Crippen LogP contribution in [0.15, 0.2) is 67.3 Å². The van der Waals surface area contributed by atoms with Gasteiger partial charge in [0.2, 0.25) is 10.0 Å². The Balaban J connectivity index is 1.37. The van der Waals surface area contributed by atoms with Crippen LogP contribution in [0.25, 0.3) is 5.69 Å². The van der Waals surface area contributed by atoms with Gasteiger partial charge in [-0.1, -0.05) is 30.3 Å². The maximum Gasteiger partial charge on any atom is 0.253 e. The van der Waals surface area contributed by atoms with Gasteiger partial charge >= 0.3 is 0 Å². The molecule has 1 aliphatic heterocycles. The second kappa shape index (κ2) is 8.14. The van der Waals surface area contributed by atoms with Gasteiger partial charge in [0.1, 0.15) is 12.7 Å². The molecule has 0 saturated carbocycles. The SMILES string of the molecule is O=C(c1ccc(-n2cncn2)cc1)N1CCN(S(=O)(=O)Cc2ccccc2)CC1. The highest BCUT2D eigenvalue weighted by molar-refractivity contribution is 7.88. The number of aromatic nitrogens is 3. The van der Waals surface area contributed by atoms with Crippen LogP contribution in [0.2, 0.25) is 0 Å². The second-order valence-corrected chi connectivity index (χ2v) is 8.79. The van der Waals surface area contributed by atoms with Crippen molar-refractivity contribution in [3.05, 3.63) is 78.4 Å². The van der Waals surface area contributed by atoms with Crippen LogP contribution in [0.3, 0.4) is 0 Å². The van der Waals surface area contributed by atoms with Crippen molar-refractivity contribution in [1.29, 1.82) is 0 Å². The summed E-state index contributed by atoms with van der Waals surface area (Å²) in [4.78, 5) is 18.4. The van der Waals surface area contributed by atoms with Crippen molar-refractivity contribution < 1.29 is 13.2 Å². The van der Waals surface area contributed by atoms with Gasteiger partial charge in [-0.3, -0.25) is 4.79 Å². The number of nitrogens with zero attached hydrogens (tertiary/aromatic N) is 5. The molecule has 0 unspecified atom stereocenters. The van der Waals surface area contributed by atoms with E-state index in [1.165, 1.54) is 10.6 Å². The highest BCUT2D eigenvalue weighted by Crippen LogP contribution is 2.16. The van der Waals surface area contributed by atoms with Crippen molar-refractivity contribution in [2.45, 2.75) is 5.75 Å². The average Bonchev–Trinajstić information content (AvgIpc) is 3.29. The van der Waals surface area contributed by atoms with E-state index in [1.807, 2.05) is 30.3 Å². The zero-order chi connectivity index (χ0) is 20.3. The highest BCUT2D eigenvalue weighted by atomic mass is 32.2. The molecular formula is C20H21N5O3S. The molecule has 0 N–H and O–H groups in total. The van der Waals surface area contributed by atoms with Gasteiger partial charge < -0.3 is 4.90 Å². The lowest BCUT2D eigenvalue weighted by atomic mass is 10.1. The molecule has 2 aromatic carbocycles. The fourth-order valence-electron chi connectivity index (χ4n) is 3.33. The molecule has 2 heterocycles. The molecule has 0 radical (unpaired) electrons. The molecule has 3 aromatic rings. The first-order chi connectivity index (χ1) is 14.0. The van der Waals surface area contributed by atoms with E-state index >= 15 is 0 Å². The standard InChI is InChI=1S/C20H21N5O3S/c26-20(18-6-8-19(9-7-18)25-16-21-15-22-25)23-10-12-24(13-11-23)29(27,28)14-17-4-2-1-3-5-17/h1-9,15-16H,10-14H2. The highest BCUT2D eigenvalue weighted by Gasteiger charge is 2.29. The van der Waals surface area contributed by atoms with Crippen LogP contribution in [0.1, 0.15) is 15.9 Å². The van der Waals surface area contributed by atoms with Crippen molar-refractivity contribution in [3.8, 4) is 5.69 Å². The zero-order valence-corrected chi connectivity index (χ0v) is 16.6. The van der Waals surface area contributed by atoms with Gasteiger partial charge in [-0.15, -0.1) is 0 Å². The number of rotatable bonds is 5. The molecule has 29 heavy (non-hydrogen) atoms. The Morgan fingerprint density at radius 3 is 2.24 bits per heavy atom. The normalized spacial score (nSPS) is 15.4. The minimum atomic E-state index is -3.40. The van der Waals surface area contributed by atoms with Gasteiger partial charge in [0.05, 0.1) is 11.4 Å². The van der Waals surface area contributed by atoms with Gasteiger partial charge in [0.25, 0.3) is 5.91 Å². The van der Waals surface area contributed by atoms with Crippen LogP contribution >= 0.6 is 0 Å². The Bertz CT molecular complexity index is 1060. The average molecular weight is 411 g/mol. The van der Waals surface area contributed by atoms with Gasteiger partial charge in [-0.05, 0) is 29.8 Å². The Morgan fingerprint density at radius 2 is 1.62 bits per heavy atom. The summed E-state index contributed by atoms with van der Waals surface area (Å²) in [7, 11) is -3.40. The van der Waals surface area contributed by atoms with E-state index in [1.54, 1.807) is 40.2 Å². The summed E-state index contributed by atoms with van der Waals surface area (Å²) in [6, 6.07) is 16.2. The third-order valence-electron chi connectivity index (χ3n) is 4.91. The monoisotopic (exact) mass is 411 g/mol. The van der Waals surface area contributed by atoms with Crippen molar-refractivity contribution in [2.75, 3.05) is 26.2 Å². The molecule has 1 fully saturated rings. The van der Waals surface area contributed by atoms with Gasteiger partial charge in [0, 0.05) is 31.7 Å². The number of carbonyl (C=O) groups excluding carboxylic acids is 1. The summed E-state index contributed by atoms with van der Waals surface area (Å²) in [6.07, 6.45) is 3.04. The van der Waals surface area contributed by atoms with Crippen molar-refractivity contribution >= 4 is 15.9 Å². The number of hydrogen-bond acceptors (Lipinski definition) is 5. The Morgan fingerprint density at radius 1 is 0.931 bits per heavy atom. The second-order valence-electron chi connectivity index (χ2n) is 6.82. The molecule has 4 rings (SSSR count). The van der Waals surface area contributed by atoms with E-state index in [0.29, 0.717) is 31.7 Å². The Hall–Kier alpha value is -3.04. The quantitative estimate of drug-likeness (QED) is 0.636. The van der Waals surface area contributed by atoms with E-state index in [-0.39, 0.29) is 11.7 Å². The summed E-state index contributed by atoms with van der Waals surface area (Å²) in [5.41, 5.74) is 2.14. The Labute approximate surface area is 169 Å². The smallest absolute Gasteiger partial charge is 0.253 e. The van der Waals surface area contributed by atoms with Crippen LogP contribution in [0.4, 0.5) is 0 Å². The molecule has 0 bridgehead atoms. The maximum atomic E-state index is 12.8. The fourth-order valence-corrected chi connectivity index (χ4v) is 4.84. The third kappa shape index (κ3) is 4.36. The summed E-state index contributed by atoms with van der Waals surface area (Å²) >= 11 is 0. The molecule has 0 atom stereocenters. The van der Waals surface area contributed by atoms with Gasteiger partial charge in [-0.2, -0.15) is 9.40 Å². The van der Waals surface area contributed by atoms with Crippen LogP contribution < -0.4 is 0 Å². The third-order valence-corrected chi connectivity index (χ3v) is 6.76. The largest absolute Gasteiger partial charge is 0.336 e. The molecule has 0 spiro atoms. The van der Waals surface area contributed by atoms with Crippen LogP contribution in [-0.4, -0.2) is 64.5 Å². The van der Waals surface area contributed by atoms with Crippen molar-refractivity contribution in [2.24, 2.45) is 0 Å². The lowest BCUT2D eigenvalue weighted by Gasteiger charge is -2.34. The van der Waals surface area contributed by atoms with Crippen LogP contribution in [0, 0.1) is 0 Å². The first-order valence-corrected chi connectivity index (χ1v) is 10.9. The van der Waals surface area contributed by atoms with Crippen LogP contribution in [0.5, 0.6) is 0 Å². The molecule has 0 aliphatic carbocycles. The minimum absolute atomic E-state index is 0.0223. The van der Waals surface area contributed by atoms with Gasteiger partial charge in [0.15, 0.2) is 0 Å². The first-order valence-electron chi connectivity index (χ1n) is 9.29. The summed E-state index contributed by atoms with van der Waals surface area (Å²) in [6.45, 7) is 1.35. The number of piperazine rings is 1. The van der Waals surface area contributed by atoms with E-state index in [9.17, 15) is 13.2 Å². The molecule has 8 nitrogen and oxygen atoms in total. The van der Waals surface area contributed by atoms with Crippen molar-refractivity contribution in [1.82, 2.24) is 24.0 Å². The Kier molecular flexibility index (Phi) is 5.41. The van der Waals surface area contributed by atoms with Crippen molar-refractivity contribution in [3.63, 3.8) is 0 Å². The molecule has 1 aromatic heterocycles. The molecule has 1 saturated heterocycles. The molecular weight excluding hydrogens is 390 g/mol. The van der Waals surface area contributed by atoms with E-state index in [2.05, 4.69) is 10.1 Å². The maximum absolute atomic E-state index is 12.8. The predicted octanol–water partition coefficient (Wildman–Crippen LogP) is 1.56. The summed E-state index contributed by atoms with van der Waals surface area (Å²) < 4.78 is 28.4. The number of benzene rings is 2. The summed E-state index contributed by atoms with van der Waals surface area (Å²) in [5, 5.41) is 4.06. The first kappa shape index (κ1) is 19.3. The topological polar surface area (TPSA) is 88.4 Å². The molecule has 150 valence electrons. The number of sulfonamides is 1. The number of carbonyl (C=O) groups is 1. The lowest BCUT2D eigenvalue weighted by molar-refractivity contribution is 0.0698. The number of amides is 1. The fraction of sp³-hybridized carbons (Fsp3) is 0.250. The zero-order valence-electron chi connectivity index (χ0n) is 15.8. The van der Waals surface area contributed by atoms with Gasteiger partial charge in [-0.25, -0.2) is 18.1 Å². The lowest BCUT2D eigenvalue weighted by Crippen LogP contribution is -2.50. The molecule has 1 amide bonds.